The lowest BCUT2D eigenvalue weighted by molar-refractivity contribution is -0.384. The van der Waals surface area contributed by atoms with Gasteiger partial charge in [-0.2, -0.15) is 4.98 Å². The monoisotopic (exact) mass is 393 g/mol. The van der Waals surface area contributed by atoms with Gasteiger partial charge in [0.15, 0.2) is 0 Å². The average molecular weight is 393 g/mol. The van der Waals surface area contributed by atoms with E-state index in [1.54, 1.807) is 36.7 Å². The molecule has 0 aliphatic carbocycles. The number of nitrogens with one attached hydrogen (secondary N) is 1. The van der Waals surface area contributed by atoms with Crippen molar-refractivity contribution in [2.24, 2.45) is 5.92 Å². The summed E-state index contributed by atoms with van der Waals surface area (Å²) in [6.45, 7) is 3.86. The molecule has 29 heavy (non-hydrogen) atoms. The number of carbonyl (C=O) groups is 1. The first-order valence-electron chi connectivity index (χ1n) is 8.91. The van der Waals surface area contributed by atoms with Crippen LogP contribution in [0.3, 0.4) is 0 Å². The van der Waals surface area contributed by atoms with Gasteiger partial charge in [-0.3, -0.25) is 19.9 Å². The van der Waals surface area contributed by atoms with E-state index in [1.807, 2.05) is 19.9 Å². The van der Waals surface area contributed by atoms with Gasteiger partial charge >= 0.3 is 0 Å². The number of hydrogen-bond donors (Lipinski definition) is 1. The maximum absolute atomic E-state index is 12.4. The minimum Gasteiger partial charge on any atom is -0.340 e. The normalized spacial score (nSPS) is 12.2. The maximum Gasteiger partial charge on any atom is 0.269 e. The van der Waals surface area contributed by atoms with Gasteiger partial charge in [-0.05, 0) is 41.8 Å². The number of carbonyl (C=O) groups excluding carboxylic acids is 1. The van der Waals surface area contributed by atoms with E-state index in [9.17, 15) is 14.9 Å². The summed E-state index contributed by atoms with van der Waals surface area (Å²) in [7, 11) is 0. The van der Waals surface area contributed by atoms with Gasteiger partial charge in [-0.1, -0.05) is 19.0 Å². The summed E-state index contributed by atoms with van der Waals surface area (Å²) in [5.74, 6) is 0.363. The Kier molecular flexibility index (Phi) is 6.08. The summed E-state index contributed by atoms with van der Waals surface area (Å²) in [4.78, 5) is 31.0. The van der Waals surface area contributed by atoms with Crippen molar-refractivity contribution < 1.29 is 14.2 Å². The standard InChI is InChI=1S/C20H19N5O4/c1-13(2)18(20-23-19(24-29-20)15-4-3-11-21-12-15)22-17(26)10-7-14-5-8-16(9-6-14)25(27)28/h3-13,18H,1-2H3,(H,22,26)/b10-7+. The van der Waals surface area contributed by atoms with Gasteiger partial charge in [0.1, 0.15) is 6.04 Å². The number of benzene rings is 1. The summed E-state index contributed by atoms with van der Waals surface area (Å²) >= 11 is 0. The molecule has 0 radical (unpaired) electrons. The number of nitro benzene ring substituents is 1. The topological polar surface area (TPSA) is 124 Å². The van der Waals surface area contributed by atoms with Crippen LogP contribution in [0.25, 0.3) is 17.5 Å². The Hall–Kier alpha value is -3.88. The van der Waals surface area contributed by atoms with Crippen LogP contribution in [0, 0.1) is 16.0 Å². The van der Waals surface area contributed by atoms with Gasteiger partial charge in [0.2, 0.25) is 17.6 Å². The highest BCUT2D eigenvalue weighted by Crippen LogP contribution is 2.23. The number of amides is 1. The molecule has 148 valence electrons. The average Bonchev–Trinajstić information content (AvgIpc) is 3.21. The van der Waals surface area contributed by atoms with Gasteiger partial charge in [-0.15, -0.1) is 0 Å². The largest absolute Gasteiger partial charge is 0.340 e. The Morgan fingerprint density at radius 1 is 1.24 bits per heavy atom. The molecule has 0 aliphatic rings. The Bertz CT molecular complexity index is 1010. The second-order valence-corrected chi connectivity index (χ2v) is 6.61. The van der Waals surface area contributed by atoms with E-state index in [4.69, 9.17) is 4.52 Å². The van der Waals surface area contributed by atoms with E-state index in [-0.39, 0.29) is 17.5 Å². The van der Waals surface area contributed by atoms with Crippen molar-refractivity contribution in [2.45, 2.75) is 19.9 Å². The molecule has 1 N–H and O–H groups in total. The molecule has 0 saturated carbocycles. The van der Waals surface area contributed by atoms with Crippen LogP contribution in [0.4, 0.5) is 5.69 Å². The first kappa shape index (κ1) is 19.9. The molecule has 1 unspecified atom stereocenters. The molecule has 3 aromatic rings. The molecule has 0 aliphatic heterocycles. The zero-order valence-electron chi connectivity index (χ0n) is 15.9. The Morgan fingerprint density at radius 2 is 2.00 bits per heavy atom. The summed E-state index contributed by atoms with van der Waals surface area (Å²) in [5.41, 5.74) is 1.38. The van der Waals surface area contributed by atoms with Crippen molar-refractivity contribution >= 4 is 17.7 Å². The minimum absolute atomic E-state index is 0.00714. The number of nitro groups is 1. The van der Waals surface area contributed by atoms with Crippen molar-refractivity contribution in [2.75, 3.05) is 0 Å². The molecule has 2 heterocycles. The quantitative estimate of drug-likeness (QED) is 0.370. The molecular formula is C20H19N5O4. The van der Waals surface area contributed by atoms with Crippen LogP contribution < -0.4 is 5.32 Å². The van der Waals surface area contributed by atoms with E-state index in [1.165, 1.54) is 18.2 Å². The summed E-state index contributed by atoms with van der Waals surface area (Å²) in [5, 5.41) is 17.5. The molecule has 3 rings (SSSR count). The van der Waals surface area contributed by atoms with E-state index < -0.39 is 11.0 Å². The van der Waals surface area contributed by atoms with Crippen LogP contribution in [0.15, 0.2) is 59.4 Å². The van der Waals surface area contributed by atoms with Crippen LogP contribution in [0.2, 0.25) is 0 Å². The highest BCUT2D eigenvalue weighted by atomic mass is 16.6. The molecule has 2 aromatic heterocycles. The van der Waals surface area contributed by atoms with Crippen LogP contribution >= 0.6 is 0 Å². The molecule has 1 atom stereocenters. The Morgan fingerprint density at radius 3 is 2.62 bits per heavy atom. The molecule has 0 bridgehead atoms. The number of non-ortho nitro benzene ring substituents is 1. The SMILES string of the molecule is CC(C)C(NC(=O)/C=C/c1ccc([N+](=O)[O-])cc1)c1nc(-c2cccnc2)no1. The van der Waals surface area contributed by atoms with Gasteiger partial charge in [0.05, 0.1) is 4.92 Å². The predicted molar refractivity (Wildman–Crippen MR) is 105 cm³/mol. The summed E-state index contributed by atoms with van der Waals surface area (Å²) < 4.78 is 5.35. The fourth-order valence-corrected chi connectivity index (χ4v) is 2.57. The van der Waals surface area contributed by atoms with Gasteiger partial charge < -0.3 is 9.84 Å². The molecule has 9 nitrogen and oxygen atoms in total. The number of pyridine rings is 1. The number of rotatable bonds is 7. The van der Waals surface area contributed by atoms with Crippen molar-refractivity contribution in [3.8, 4) is 11.4 Å². The third-order valence-electron chi connectivity index (χ3n) is 4.12. The number of hydrogen-bond acceptors (Lipinski definition) is 7. The number of nitrogens with zero attached hydrogens (tertiary/aromatic N) is 4. The Balaban J connectivity index is 1.69. The van der Waals surface area contributed by atoms with E-state index >= 15 is 0 Å². The van der Waals surface area contributed by atoms with Gasteiger partial charge in [0.25, 0.3) is 5.69 Å². The first-order chi connectivity index (χ1) is 13.9. The Labute approximate surface area is 166 Å². The third kappa shape index (κ3) is 5.10. The second-order valence-electron chi connectivity index (χ2n) is 6.61. The molecular weight excluding hydrogens is 374 g/mol. The van der Waals surface area contributed by atoms with Crippen LogP contribution in [0.5, 0.6) is 0 Å². The lowest BCUT2D eigenvalue weighted by Gasteiger charge is -2.17. The van der Waals surface area contributed by atoms with Crippen LogP contribution in [-0.4, -0.2) is 26.0 Å². The zero-order valence-corrected chi connectivity index (χ0v) is 15.9. The highest BCUT2D eigenvalue weighted by molar-refractivity contribution is 5.92. The third-order valence-corrected chi connectivity index (χ3v) is 4.12. The molecule has 1 amide bonds. The second kappa shape index (κ2) is 8.87. The maximum atomic E-state index is 12.4. The van der Waals surface area contributed by atoms with Crippen molar-refractivity contribution in [3.63, 3.8) is 0 Å². The lowest BCUT2D eigenvalue weighted by atomic mass is 10.0. The van der Waals surface area contributed by atoms with Gasteiger partial charge in [0, 0.05) is 36.2 Å². The molecule has 0 fully saturated rings. The van der Waals surface area contributed by atoms with Crippen molar-refractivity contribution in [3.05, 3.63) is 76.4 Å². The summed E-state index contributed by atoms with van der Waals surface area (Å²) in [6, 6.07) is 9.02. The van der Waals surface area contributed by atoms with Crippen LogP contribution in [0.1, 0.15) is 31.3 Å². The smallest absolute Gasteiger partial charge is 0.269 e. The van der Waals surface area contributed by atoms with Crippen molar-refractivity contribution in [1.29, 1.82) is 0 Å². The summed E-state index contributed by atoms with van der Waals surface area (Å²) in [6.07, 6.45) is 6.21. The van der Waals surface area contributed by atoms with Crippen LogP contribution in [-0.2, 0) is 4.79 Å². The highest BCUT2D eigenvalue weighted by Gasteiger charge is 2.24. The molecule has 9 heteroatoms. The minimum atomic E-state index is -0.475. The van der Waals surface area contributed by atoms with E-state index in [2.05, 4.69) is 20.4 Å². The van der Waals surface area contributed by atoms with Gasteiger partial charge in [-0.25, -0.2) is 0 Å². The van der Waals surface area contributed by atoms with E-state index in [0.29, 0.717) is 17.3 Å². The number of aromatic nitrogens is 3. The fourth-order valence-electron chi connectivity index (χ4n) is 2.57. The molecule has 1 aromatic carbocycles. The molecule has 0 spiro atoms. The predicted octanol–water partition coefficient (Wildman–Crippen LogP) is 3.57. The lowest BCUT2D eigenvalue weighted by Crippen LogP contribution is -2.30. The first-order valence-corrected chi connectivity index (χ1v) is 8.91. The van der Waals surface area contributed by atoms with Crippen molar-refractivity contribution in [1.82, 2.24) is 20.4 Å². The fraction of sp³-hybridized carbons (Fsp3) is 0.200. The molecule has 0 saturated heterocycles. The van der Waals surface area contributed by atoms with E-state index in [0.717, 1.165) is 5.56 Å². The zero-order chi connectivity index (χ0) is 20.8.